The van der Waals surface area contributed by atoms with Crippen LogP contribution in [0.1, 0.15) is 32.8 Å². The number of benzene rings is 1. The number of rotatable bonds is 4. The van der Waals surface area contributed by atoms with Crippen molar-refractivity contribution in [1.82, 2.24) is 0 Å². The predicted molar refractivity (Wildman–Crippen MR) is 66.8 cm³/mol. The average molecular weight is 222 g/mol. The molecule has 1 unspecified atom stereocenters. The number of hydrogen-bond donors (Lipinski definition) is 1. The van der Waals surface area contributed by atoms with Gasteiger partial charge in [0.1, 0.15) is 5.75 Å². The normalized spacial score (nSPS) is 13.6. The predicted octanol–water partition coefficient (Wildman–Crippen LogP) is 3.17. The van der Waals surface area contributed by atoms with E-state index in [9.17, 15) is 5.11 Å². The van der Waals surface area contributed by atoms with E-state index in [0.29, 0.717) is 13.0 Å². The van der Waals surface area contributed by atoms with Gasteiger partial charge in [0, 0.05) is 6.42 Å². The molecule has 0 heterocycles. The maximum absolute atomic E-state index is 9.84. The Morgan fingerprint density at radius 3 is 2.56 bits per heavy atom. The van der Waals surface area contributed by atoms with Gasteiger partial charge < -0.3 is 9.84 Å². The van der Waals surface area contributed by atoms with Gasteiger partial charge in [0.2, 0.25) is 0 Å². The molecule has 1 aromatic carbocycles. The molecule has 0 spiro atoms. The van der Waals surface area contributed by atoms with Crippen LogP contribution in [0, 0.1) is 12.3 Å². The smallest absolute Gasteiger partial charge is 0.119 e. The maximum atomic E-state index is 9.84. The van der Waals surface area contributed by atoms with E-state index < -0.39 is 0 Å². The van der Waals surface area contributed by atoms with E-state index in [1.807, 2.05) is 52.0 Å². The van der Waals surface area contributed by atoms with Gasteiger partial charge in [-0.25, -0.2) is 0 Å². The fourth-order valence-electron chi connectivity index (χ4n) is 1.43. The number of aryl methyl sites for hydroxylation is 1. The minimum atomic E-state index is -0.322. The number of aliphatic hydroxyl groups is 1. The number of hydrogen-bond acceptors (Lipinski definition) is 2. The van der Waals surface area contributed by atoms with Gasteiger partial charge in [0.05, 0.1) is 12.7 Å². The van der Waals surface area contributed by atoms with Crippen LogP contribution >= 0.6 is 0 Å². The summed E-state index contributed by atoms with van der Waals surface area (Å²) in [6.07, 6.45) is 0.342. The van der Waals surface area contributed by atoms with Crippen molar-refractivity contribution in [2.24, 2.45) is 5.41 Å². The topological polar surface area (TPSA) is 29.5 Å². The van der Waals surface area contributed by atoms with Crippen molar-refractivity contribution in [3.05, 3.63) is 29.8 Å². The maximum Gasteiger partial charge on any atom is 0.119 e. The monoisotopic (exact) mass is 222 g/mol. The lowest BCUT2D eigenvalue weighted by Crippen LogP contribution is -2.27. The molecule has 0 amide bonds. The summed E-state index contributed by atoms with van der Waals surface area (Å²) in [7, 11) is 0. The standard InChI is InChI=1S/C14H22O2/c1-11-6-5-7-12(10-11)16-9-8-13(15)14(2,3)4/h5-7,10,13,15H,8-9H2,1-4H3. The minimum Gasteiger partial charge on any atom is -0.493 e. The molecule has 0 saturated heterocycles. The molecule has 0 fully saturated rings. The Kier molecular flexibility index (Phi) is 4.36. The van der Waals surface area contributed by atoms with Crippen LogP contribution in [0.25, 0.3) is 0 Å². The van der Waals surface area contributed by atoms with E-state index in [2.05, 4.69) is 0 Å². The number of aliphatic hydroxyl groups excluding tert-OH is 1. The van der Waals surface area contributed by atoms with E-state index in [-0.39, 0.29) is 11.5 Å². The van der Waals surface area contributed by atoms with Gasteiger partial charge in [-0.1, -0.05) is 32.9 Å². The summed E-state index contributed by atoms with van der Waals surface area (Å²) in [6, 6.07) is 7.96. The second kappa shape index (κ2) is 5.35. The van der Waals surface area contributed by atoms with Crippen LogP contribution in [0.2, 0.25) is 0 Å². The van der Waals surface area contributed by atoms with E-state index >= 15 is 0 Å². The Morgan fingerprint density at radius 2 is 2.00 bits per heavy atom. The van der Waals surface area contributed by atoms with Gasteiger partial charge in [-0.15, -0.1) is 0 Å². The van der Waals surface area contributed by atoms with Gasteiger partial charge in [-0.05, 0) is 30.0 Å². The van der Waals surface area contributed by atoms with Gasteiger partial charge in [-0.3, -0.25) is 0 Å². The van der Waals surface area contributed by atoms with Crippen LogP contribution in [0.5, 0.6) is 5.75 Å². The zero-order valence-electron chi connectivity index (χ0n) is 10.7. The van der Waals surface area contributed by atoms with Gasteiger partial charge >= 0.3 is 0 Å². The molecule has 90 valence electrons. The highest BCUT2D eigenvalue weighted by Gasteiger charge is 2.21. The average Bonchev–Trinajstić information content (AvgIpc) is 2.16. The van der Waals surface area contributed by atoms with Gasteiger partial charge in [0.15, 0.2) is 0 Å². The van der Waals surface area contributed by atoms with Crippen molar-refractivity contribution in [3.63, 3.8) is 0 Å². The number of ether oxygens (including phenoxy) is 1. The molecule has 0 saturated carbocycles. The molecule has 0 radical (unpaired) electrons. The molecule has 16 heavy (non-hydrogen) atoms. The minimum absolute atomic E-state index is 0.0734. The summed E-state index contributed by atoms with van der Waals surface area (Å²) in [4.78, 5) is 0. The quantitative estimate of drug-likeness (QED) is 0.848. The first-order valence-corrected chi connectivity index (χ1v) is 5.77. The lowest BCUT2D eigenvalue weighted by atomic mass is 9.87. The molecule has 2 nitrogen and oxygen atoms in total. The van der Waals surface area contributed by atoms with Crippen LogP contribution in [0.15, 0.2) is 24.3 Å². The fraction of sp³-hybridized carbons (Fsp3) is 0.571. The van der Waals surface area contributed by atoms with Crippen molar-refractivity contribution < 1.29 is 9.84 Å². The van der Waals surface area contributed by atoms with Gasteiger partial charge in [-0.2, -0.15) is 0 Å². The van der Waals surface area contributed by atoms with Crippen molar-refractivity contribution >= 4 is 0 Å². The van der Waals surface area contributed by atoms with Crippen LogP contribution in [-0.2, 0) is 0 Å². The molecule has 1 rings (SSSR count). The summed E-state index contributed by atoms with van der Waals surface area (Å²) in [5, 5.41) is 9.84. The molecule has 0 aromatic heterocycles. The van der Waals surface area contributed by atoms with E-state index in [0.717, 1.165) is 5.75 Å². The first-order chi connectivity index (χ1) is 7.39. The summed E-state index contributed by atoms with van der Waals surface area (Å²) >= 11 is 0. The SMILES string of the molecule is Cc1cccc(OCCC(O)C(C)(C)C)c1. The van der Waals surface area contributed by atoms with Crippen molar-refractivity contribution in [2.45, 2.75) is 40.2 Å². The third-order valence-corrected chi connectivity index (χ3v) is 2.65. The molecule has 1 atom stereocenters. The molecular weight excluding hydrogens is 200 g/mol. The molecule has 1 aromatic rings. The molecule has 0 bridgehead atoms. The molecule has 0 aliphatic heterocycles. The Balaban J connectivity index is 2.36. The summed E-state index contributed by atoms with van der Waals surface area (Å²) in [5.74, 6) is 0.876. The lowest BCUT2D eigenvalue weighted by Gasteiger charge is -2.25. The van der Waals surface area contributed by atoms with Crippen LogP contribution < -0.4 is 4.74 Å². The third-order valence-electron chi connectivity index (χ3n) is 2.65. The molecule has 0 aliphatic rings. The van der Waals surface area contributed by atoms with Gasteiger partial charge in [0.25, 0.3) is 0 Å². The summed E-state index contributed by atoms with van der Waals surface area (Å²) in [6.45, 7) is 8.69. The summed E-state index contributed by atoms with van der Waals surface area (Å²) in [5.41, 5.74) is 1.12. The van der Waals surface area contributed by atoms with E-state index in [1.54, 1.807) is 0 Å². The first-order valence-electron chi connectivity index (χ1n) is 5.77. The molecule has 1 N–H and O–H groups in total. The Hall–Kier alpha value is -1.02. The highest BCUT2D eigenvalue weighted by atomic mass is 16.5. The fourth-order valence-corrected chi connectivity index (χ4v) is 1.43. The van der Waals surface area contributed by atoms with Crippen molar-refractivity contribution in [2.75, 3.05) is 6.61 Å². The van der Waals surface area contributed by atoms with Crippen LogP contribution in [-0.4, -0.2) is 17.8 Å². The second-order valence-corrected chi connectivity index (χ2v) is 5.34. The lowest BCUT2D eigenvalue weighted by molar-refractivity contribution is 0.0436. The second-order valence-electron chi connectivity index (χ2n) is 5.34. The Bertz CT molecular complexity index is 326. The molecule has 2 heteroatoms. The first kappa shape index (κ1) is 13.0. The zero-order valence-corrected chi connectivity index (χ0v) is 10.7. The largest absolute Gasteiger partial charge is 0.493 e. The van der Waals surface area contributed by atoms with Crippen molar-refractivity contribution in [3.8, 4) is 5.75 Å². The highest BCUT2D eigenvalue weighted by molar-refractivity contribution is 5.27. The van der Waals surface area contributed by atoms with E-state index in [4.69, 9.17) is 4.74 Å². The third kappa shape index (κ3) is 4.23. The molecule has 0 aliphatic carbocycles. The zero-order chi connectivity index (χ0) is 12.2. The summed E-state index contributed by atoms with van der Waals surface area (Å²) < 4.78 is 5.59. The van der Waals surface area contributed by atoms with Crippen LogP contribution in [0.4, 0.5) is 0 Å². The Morgan fingerprint density at radius 1 is 1.31 bits per heavy atom. The van der Waals surface area contributed by atoms with Crippen LogP contribution in [0.3, 0.4) is 0 Å². The Labute approximate surface area is 98.3 Å². The van der Waals surface area contributed by atoms with Crippen molar-refractivity contribution in [1.29, 1.82) is 0 Å². The highest BCUT2D eigenvalue weighted by Crippen LogP contribution is 2.22. The van der Waals surface area contributed by atoms with E-state index in [1.165, 1.54) is 5.56 Å². The molecular formula is C14H22O2.